The predicted molar refractivity (Wildman–Crippen MR) is 88.8 cm³/mol. The van der Waals surface area contributed by atoms with Crippen LogP contribution in [0, 0.1) is 6.92 Å². The van der Waals surface area contributed by atoms with Gasteiger partial charge in [-0.05, 0) is 18.7 Å². The molecular formula is C13H18ClN5S2. The van der Waals surface area contributed by atoms with Crippen molar-refractivity contribution in [3.05, 3.63) is 16.5 Å². The maximum atomic E-state index is 6.24. The van der Waals surface area contributed by atoms with Crippen LogP contribution < -0.4 is 4.90 Å². The van der Waals surface area contributed by atoms with E-state index in [9.17, 15) is 0 Å². The van der Waals surface area contributed by atoms with Crippen molar-refractivity contribution in [1.82, 2.24) is 20.2 Å². The van der Waals surface area contributed by atoms with Crippen LogP contribution in [0.25, 0.3) is 0 Å². The number of aromatic nitrogens is 4. The summed E-state index contributed by atoms with van der Waals surface area (Å²) in [5, 5.41) is 10.5. The molecule has 0 aliphatic heterocycles. The molecule has 0 fully saturated rings. The van der Waals surface area contributed by atoms with Gasteiger partial charge in [-0.2, -0.15) is 0 Å². The largest absolute Gasteiger partial charge is 0.353 e. The highest BCUT2D eigenvalue weighted by Gasteiger charge is 2.21. The molecule has 0 unspecified atom stereocenters. The first-order valence-corrected chi connectivity index (χ1v) is 8.43. The Bertz CT molecular complexity index is 648. The summed E-state index contributed by atoms with van der Waals surface area (Å²) >= 11 is 9.25. The lowest BCUT2D eigenvalue weighted by Gasteiger charge is -2.18. The Labute approximate surface area is 138 Å². The zero-order valence-corrected chi connectivity index (χ0v) is 15.3. The molecule has 0 aliphatic rings. The van der Waals surface area contributed by atoms with Crippen LogP contribution in [0.4, 0.5) is 5.13 Å². The van der Waals surface area contributed by atoms with E-state index in [0.717, 1.165) is 25.9 Å². The maximum Gasteiger partial charge on any atom is 0.208 e. The molecule has 2 heterocycles. The fourth-order valence-electron chi connectivity index (χ4n) is 1.41. The van der Waals surface area contributed by atoms with Crippen LogP contribution in [-0.2, 0) is 5.41 Å². The van der Waals surface area contributed by atoms with Crippen LogP contribution in [0.1, 0.15) is 32.2 Å². The molecular weight excluding hydrogens is 326 g/mol. The van der Waals surface area contributed by atoms with Crippen molar-refractivity contribution in [1.29, 1.82) is 0 Å². The lowest BCUT2D eigenvalue weighted by Crippen LogP contribution is -2.17. The van der Waals surface area contributed by atoms with Crippen molar-refractivity contribution < 1.29 is 0 Å². The highest BCUT2D eigenvalue weighted by molar-refractivity contribution is 8.01. The lowest BCUT2D eigenvalue weighted by molar-refractivity contribution is 0.537. The summed E-state index contributed by atoms with van der Waals surface area (Å²) in [5.41, 5.74) is 0.721. The molecule has 2 rings (SSSR count). The fraction of sp³-hybridized carbons (Fsp3) is 0.538. The van der Waals surface area contributed by atoms with Crippen molar-refractivity contribution in [3.8, 4) is 0 Å². The van der Waals surface area contributed by atoms with E-state index in [-0.39, 0.29) is 5.41 Å². The van der Waals surface area contributed by atoms with Crippen molar-refractivity contribution in [2.24, 2.45) is 0 Å². The molecule has 8 heteroatoms. The molecule has 2 aromatic rings. The Balaban J connectivity index is 2.36. The summed E-state index contributed by atoms with van der Waals surface area (Å²) in [6, 6.07) is 0. The number of rotatable bonds is 3. The van der Waals surface area contributed by atoms with Gasteiger partial charge in [-0.25, -0.2) is 9.97 Å². The molecule has 0 atom stereocenters. The Morgan fingerprint density at radius 3 is 2.33 bits per heavy atom. The SMILES string of the molecule is Cc1c(Cl)nc(C(C)(C)C)nc1Sc1nnc(N(C)C)s1. The molecule has 0 saturated heterocycles. The van der Waals surface area contributed by atoms with Crippen LogP contribution in [-0.4, -0.2) is 34.3 Å². The van der Waals surface area contributed by atoms with Crippen LogP contribution in [0.2, 0.25) is 5.15 Å². The number of anilines is 1. The zero-order chi connectivity index (χ0) is 15.8. The topological polar surface area (TPSA) is 54.8 Å². The molecule has 114 valence electrons. The summed E-state index contributed by atoms with van der Waals surface area (Å²) < 4.78 is 0.844. The molecule has 0 spiro atoms. The third-order valence-corrected chi connectivity index (χ3v) is 5.28. The second kappa shape index (κ2) is 6.06. The molecule has 0 bridgehead atoms. The summed E-state index contributed by atoms with van der Waals surface area (Å²) in [6.45, 7) is 8.12. The number of halogens is 1. The summed E-state index contributed by atoms with van der Waals surface area (Å²) in [5.74, 6) is 0.734. The predicted octanol–water partition coefficient (Wildman–Crippen LogP) is 3.80. The summed E-state index contributed by atoms with van der Waals surface area (Å²) in [7, 11) is 3.89. The second-order valence-electron chi connectivity index (χ2n) is 5.87. The van der Waals surface area contributed by atoms with Gasteiger partial charge in [0, 0.05) is 25.1 Å². The van der Waals surface area contributed by atoms with Crippen LogP contribution in [0.15, 0.2) is 9.37 Å². The van der Waals surface area contributed by atoms with E-state index in [1.54, 1.807) is 0 Å². The molecule has 0 N–H and O–H groups in total. The van der Waals surface area contributed by atoms with Crippen LogP contribution in [0.3, 0.4) is 0 Å². The minimum absolute atomic E-state index is 0.150. The first-order chi connectivity index (χ1) is 9.68. The van der Waals surface area contributed by atoms with E-state index in [1.807, 2.05) is 25.9 Å². The molecule has 0 aromatic carbocycles. The maximum absolute atomic E-state index is 6.24. The number of nitrogens with zero attached hydrogens (tertiary/aromatic N) is 5. The smallest absolute Gasteiger partial charge is 0.208 e. The van der Waals surface area contributed by atoms with E-state index in [2.05, 4.69) is 40.9 Å². The molecule has 21 heavy (non-hydrogen) atoms. The van der Waals surface area contributed by atoms with Gasteiger partial charge in [0.05, 0.1) is 0 Å². The second-order valence-corrected chi connectivity index (χ2v) is 8.42. The Morgan fingerprint density at radius 2 is 1.81 bits per heavy atom. The summed E-state index contributed by atoms with van der Waals surface area (Å²) in [4.78, 5) is 11.0. The van der Waals surface area contributed by atoms with Crippen LogP contribution >= 0.6 is 34.7 Å². The molecule has 5 nitrogen and oxygen atoms in total. The molecule has 0 aliphatic carbocycles. The molecule has 0 amide bonds. The van der Waals surface area contributed by atoms with E-state index in [1.165, 1.54) is 23.1 Å². The van der Waals surface area contributed by atoms with Crippen molar-refractivity contribution in [2.75, 3.05) is 19.0 Å². The first-order valence-electron chi connectivity index (χ1n) is 6.42. The Morgan fingerprint density at radius 1 is 1.14 bits per heavy atom. The average molecular weight is 344 g/mol. The molecule has 0 saturated carbocycles. The lowest BCUT2D eigenvalue weighted by atomic mass is 9.96. The zero-order valence-electron chi connectivity index (χ0n) is 12.9. The van der Waals surface area contributed by atoms with Crippen molar-refractivity contribution in [2.45, 2.75) is 42.5 Å². The van der Waals surface area contributed by atoms with Gasteiger partial charge in [0.2, 0.25) is 5.13 Å². The Kier molecular flexibility index (Phi) is 4.75. The third-order valence-electron chi connectivity index (χ3n) is 2.67. The number of hydrogen-bond acceptors (Lipinski definition) is 7. The molecule has 0 radical (unpaired) electrons. The highest BCUT2D eigenvalue weighted by atomic mass is 35.5. The first kappa shape index (κ1) is 16.5. The summed E-state index contributed by atoms with van der Waals surface area (Å²) in [6.07, 6.45) is 0. The van der Waals surface area contributed by atoms with E-state index < -0.39 is 0 Å². The minimum Gasteiger partial charge on any atom is -0.353 e. The highest BCUT2D eigenvalue weighted by Crippen LogP contribution is 2.36. The standard InChI is InChI=1S/C13H18ClN5S2/c1-7-8(14)15-10(13(2,3)4)16-9(7)20-12-18-17-11(21-12)19(5)6/h1-6H3. The van der Waals surface area contributed by atoms with E-state index in [0.29, 0.717) is 5.15 Å². The van der Waals surface area contributed by atoms with Crippen LogP contribution in [0.5, 0.6) is 0 Å². The van der Waals surface area contributed by atoms with Gasteiger partial charge in [0.15, 0.2) is 4.34 Å². The van der Waals surface area contributed by atoms with Gasteiger partial charge in [-0.1, -0.05) is 43.7 Å². The third kappa shape index (κ3) is 3.84. The number of hydrogen-bond donors (Lipinski definition) is 0. The van der Waals surface area contributed by atoms with Gasteiger partial charge < -0.3 is 4.90 Å². The molecule has 2 aromatic heterocycles. The van der Waals surface area contributed by atoms with E-state index >= 15 is 0 Å². The van der Waals surface area contributed by atoms with Gasteiger partial charge >= 0.3 is 0 Å². The fourth-order valence-corrected chi connectivity index (χ4v) is 3.40. The van der Waals surface area contributed by atoms with Gasteiger partial charge in [-0.15, -0.1) is 10.2 Å². The van der Waals surface area contributed by atoms with Gasteiger partial charge in [-0.3, -0.25) is 0 Å². The normalized spacial score (nSPS) is 11.8. The Hall–Kier alpha value is -0.920. The van der Waals surface area contributed by atoms with Gasteiger partial charge in [0.1, 0.15) is 16.0 Å². The van der Waals surface area contributed by atoms with Crippen molar-refractivity contribution in [3.63, 3.8) is 0 Å². The monoisotopic (exact) mass is 343 g/mol. The quantitative estimate of drug-likeness (QED) is 0.790. The average Bonchev–Trinajstić information content (AvgIpc) is 2.82. The minimum atomic E-state index is -0.150. The van der Waals surface area contributed by atoms with E-state index in [4.69, 9.17) is 11.6 Å². The van der Waals surface area contributed by atoms with Gasteiger partial charge in [0.25, 0.3) is 0 Å². The van der Waals surface area contributed by atoms with Crippen molar-refractivity contribution >= 4 is 39.8 Å².